The summed E-state index contributed by atoms with van der Waals surface area (Å²) in [6.45, 7) is 6.58. The number of halogens is 2. The van der Waals surface area contributed by atoms with Gasteiger partial charge in [-0.25, -0.2) is 0 Å². The van der Waals surface area contributed by atoms with E-state index in [0.29, 0.717) is 57.2 Å². The third kappa shape index (κ3) is 6.39. The summed E-state index contributed by atoms with van der Waals surface area (Å²) in [4.78, 5) is 27.3. The molecule has 37 heavy (non-hydrogen) atoms. The average molecular weight is 554 g/mol. The molecule has 0 aliphatic carbocycles. The number of amides is 2. The van der Waals surface area contributed by atoms with Gasteiger partial charge in [-0.15, -0.1) is 6.58 Å². The van der Waals surface area contributed by atoms with Gasteiger partial charge in [0.25, 0.3) is 11.1 Å². The fraction of sp³-hybridized carbons (Fsp3) is 0.172. The Morgan fingerprint density at radius 3 is 2.41 bits per heavy atom. The van der Waals surface area contributed by atoms with E-state index in [1.807, 2.05) is 49.4 Å². The maximum Gasteiger partial charge on any atom is 0.293 e. The van der Waals surface area contributed by atoms with Crippen LogP contribution in [0.25, 0.3) is 6.08 Å². The predicted octanol–water partition coefficient (Wildman–Crippen LogP) is 7.94. The van der Waals surface area contributed by atoms with Crippen molar-refractivity contribution in [3.8, 4) is 11.5 Å². The van der Waals surface area contributed by atoms with Gasteiger partial charge in [0.1, 0.15) is 6.61 Å². The summed E-state index contributed by atoms with van der Waals surface area (Å²) in [5, 5.41) is 0.417. The predicted molar refractivity (Wildman–Crippen MR) is 150 cm³/mol. The first-order valence-corrected chi connectivity index (χ1v) is 13.2. The van der Waals surface area contributed by atoms with Crippen molar-refractivity contribution in [3.63, 3.8) is 0 Å². The second-order valence-electron chi connectivity index (χ2n) is 8.18. The highest BCUT2D eigenvalue weighted by Gasteiger charge is 2.35. The van der Waals surface area contributed by atoms with Gasteiger partial charge < -0.3 is 9.47 Å². The van der Waals surface area contributed by atoms with E-state index in [2.05, 4.69) is 6.58 Å². The molecule has 0 aromatic heterocycles. The topological polar surface area (TPSA) is 55.8 Å². The second kappa shape index (κ2) is 12.4. The molecule has 0 radical (unpaired) electrons. The van der Waals surface area contributed by atoms with Gasteiger partial charge in [-0.3, -0.25) is 14.5 Å². The largest absolute Gasteiger partial charge is 0.490 e. The van der Waals surface area contributed by atoms with E-state index in [4.69, 9.17) is 32.7 Å². The Labute approximate surface area is 230 Å². The SMILES string of the molecule is C=CCc1cc(/C=C2/SC(=O)N(Cc3c(Cl)cccc3Cl)C2=O)cc(OCC)c1OCc1ccccc1. The normalized spacial score (nSPS) is 14.4. The van der Waals surface area contributed by atoms with E-state index >= 15 is 0 Å². The number of hydrogen-bond donors (Lipinski definition) is 0. The van der Waals surface area contributed by atoms with Crippen molar-refractivity contribution in [2.24, 2.45) is 0 Å². The Morgan fingerprint density at radius 1 is 1.00 bits per heavy atom. The summed E-state index contributed by atoms with van der Waals surface area (Å²) in [6, 6.07) is 18.7. The summed E-state index contributed by atoms with van der Waals surface area (Å²) >= 11 is 13.4. The van der Waals surface area contributed by atoms with E-state index in [9.17, 15) is 9.59 Å². The number of imide groups is 1. The molecule has 3 aromatic carbocycles. The molecule has 0 bridgehead atoms. The van der Waals surface area contributed by atoms with Crippen molar-refractivity contribution in [1.29, 1.82) is 0 Å². The van der Waals surface area contributed by atoms with Crippen molar-refractivity contribution < 1.29 is 19.1 Å². The fourth-order valence-corrected chi connectivity index (χ4v) is 5.21. The maximum atomic E-state index is 13.2. The number of carbonyl (C=O) groups is 2. The van der Waals surface area contributed by atoms with Crippen LogP contribution in [0.3, 0.4) is 0 Å². The molecule has 3 aromatic rings. The molecule has 0 N–H and O–H groups in total. The van der Waals surface area contributed by atoms with Crippen molar-refractivity contribution in [2.45, 2.75) is 26.5 Å². The summed E-state index contributed by atoms with van der Waals surface area (Å²) in [7, 11) is 0. The van der Waals surface area contributed by atoms with E-state index in [1.165, 1.54) is 0 Å². The molecular weight excluding hydrogens is 529 g/mol. The standard InChI is InChI=1S/C29H25Cl2NO4S/c1-3-9-21-14-20(15-25(35-4-2)27(21)36-18-19-10-6-5-7-11-19)16-26-28(33)32(29(34)37-26)17-22-23(30)12-8-13-24(22)31/h3,5-8,10-16H,1,4,9,17-18H2,2H3/b26-16+. The monoisotopic (exact) mass is 553 g/mol. The Hall–Kier alpha value is -3.19. The first kappa shape index (κ1) is 26.9. The maximum absolute atomic E-state index is 13.2. The highest BCUT2D eigenvalue weighted by atomic mass is 35.5. The third-order valence-electron chi connectivity index (χ3n) is 5.59. The zero-order chi connectivity index (χ0) is 26.4. The number of benzene rings is 3. The molecule has 1 heterocycles. The number of allylic oxidation sites excluding steroid dienone is 1. The molecule has 2 amide bonds. The summed E-state index contributed by atoms with van der Waals surface area (Å²) in [6.07, 6.45) is 4.01. The number of ether oxygens (including phenoxy) is 2. The van der Waals surface area contributed by atoms with Gasteiger partial charge >= 0.3 is 0 Å². The van der Waals surface area contributed by atoms with Crippen molar-refractivity contribution in [2.75, 3.05) is 6.61 Å². The molecule has 1 fully saturated rings. The lowest BCUT2D eigenvalue weighted by Crippen LogP contribution is -2.27. The zero-order valence-electron chi connectivity index (χ0n) is 20.2. The molecule has 1 aliphatic heterocycles. The number of rotatable bonds is 10. The molecule has 0 unspecified atom stereocenters. The highest BCUT2D eigenvalue weighted by Crippen LogP contribution is 2.39. The molecular formula is C29H25Cl2NO4S. The Bertz CT molecular complexity index is 1340. The van der Waals surface area contributed by atoms with Crippen LogP contribution < -0.4 is 9.47 Å². The fourth-order valence-electron chi connectivity index (χ4n) is 3.86. The summed E-state index contributed by atoms with van der Waals surface area (Å²) in [5.41, 5.74) is 3.14. The van der Waals surface area contributed by atoms with Gasteiger partial charge in [0.2, 0.25) is 0 Å². The average Bonchev–Trinajstić information content (AvgIpc) is 3.14. The van der Waals surface area contributed by atoms with Crippen LogP contribution in [0.4, 0.5) is 4.79 Å². The van der Waals surface area contributed by atoms with Crippen molar-refractivity contribution >= 4 is 52.2 Å². The van der Waals surface area contributed by atoms with Gasteiger partial charge in [-0.2, -0.15) is 0 Å². The van der Waals surface area contributed by atoms with E-state index in [1.54, 1.807) is 30.4 Å². The van der Waals surface area contributed by atoms with Gasteiger partial charge in [0, 0.05) is 21.2 Å². The van der Waals surface area contributed by atoms with Crippen LogP contribution in [0.5, 0.6) is 11.5 Å². The van der Waals surface area contributed by atoms with Crippen LogP contribution in [0.1, 0.15) is 29.2 Å². The van der Waals surface area contributed by atoms with Crippen molar-refractivity contribution in [1.82, 2.24) is 4.90 Å². The van der Waals surface area contributed by atoms with Crippen LogP contribution in [0.15, 0.2) is 78.2 Å². The Balaban J connectivity index is 1.63. The molecule has 0 saturated carbocycles. The minimum atomic E-state index is -0.404. The minimum Gasteiger partial charge on any atom is -0.490 e. The summed E-state index contributed by atoms with van der Waals surface area (Å²) in [5.74, 6) is 0.786. The Morgan fingerprint density at radius 2 is 1.73 bits per heavy atom. The molecule has 1 saturated heterocycles. The number of hydrogen-bond acceptors (Lipinski definition) is 5. The lowest BCUT2D eigenvalue weighted by atomic mass is 10.0. The first-order valence-electron chi connectivity index (χ1n) is 11.7. The van der Waals surface area contributed by atoms with Gasteiger partial charge in [-0.05, 0) is 66.6 Å². The number of carbonyl (C=O) groups excluding carboxylic acids is 2. The molecule has 8 heteroatoms. The molecule has 4 rings (SSSR count). The summed E-state index contributed by atoms with van der Waals surface area (Å²) < 4.78 is 12.1. The molecule has 1 aliphatic rings. The highest BCUT2D eigenvalue weighted by molar-refractivity contribution is 8.18. The van der Waals surface area contributed by atoms with Crippen LogP contribution in [-0.4, -0.2) is 22.7 Å². The third-order valence-corrected chi connectivity index (χ3v) is 7.21. The smallest absolute Gasteiger partial charge is 0.293 e. The van der Waals surface area contributed by atoms with Gasteiger partial charge in [-0.1, -0.05) is 65.7 Å². The van der Waals surface area contributed by atoms with Crippen LogP contribution in [0, 0.1) is 0 Å². The molecule has 0 spiro atoms. The van der Waals surface area contributed by atoms with Gasteiger partial charge in [0.05, 0.1) is 18.1 Å². The molecule has 190 valence electrons. The lowest BCUT2D eigenvalue weighted by molar-refractivity contribution is -0.123. The molecule has 0 atom stereocenters. The zero-order valence-corrected chi connectivity index (χ0v) is 22.5. The molecule has 5 nitrogen and oxygen atoms in total. The van der Waals surface area contributed by atoms with E-state index in [-0.39, 0.29) is 11.8 Å². The number of thioether (sulfide) groups is 1. The van der Waals surface area contributed by atoms with Crippen molar-refractivity contribution in [3.05, 3.63) is 111 Å². The van der Waals surface area contributed by atoms with Crippen LogP contribution in [-0.2, 0) is 24.4 Å². The Kier molecular flexibility index (Phi) is 8.98. The number of nitrogens with zero attached hydrogens (tertiary/aromatic N) is 1. The second-order valence-corrected chi connectivity index (χ2v) is 9.98. The quantitative estimate of drug-likeness (QED) is 0.188. The van der Waals surface area contributed by atoms with E-state index < -0.39 is 5.91 Å². The first-order chi connectivity index (χ1) is 17.9. The lowest BCUT2D eigenvalue weighted by Gasteiger charge is -2.17. The van der Waals surface area contributed by atoms with E-state index in [0.717, 1.165) is 27.8 Å². The minimum absolute atomic E-state index is 0.00130. The van der Waals surface area contributed by atoms with Crippen LogP contribution in [0.2, 0.25) is 10.0 Å². The van der Waals surface area contributed by atoms with Crippen LogP contribution >= 0.6 is 35.0 Å². The van der Waals surface area contributed by atoms with Gasteiger partial charge in [0.15, 0.2) is 11.5 Å².